The van der Waals surface area contributed by atoms with Gasteiger partial charge in [-0.3, -0.25) is 9.78 Å². The lowest BCUT2D eigenvalue weighted by Gasteiger charge is -2.22. The number of amides is 1. The van der Waals surface area contributed by atoms with Crippen LogP contribution in [-0.2, 0) is 9.53 Å². The van der Waals surface area contributed by atoms with Crippen molar-refractivity contribution >= 4 is 28.5 Å². The first-order valence-electron chi connectivity index (χ1n) is 10.4. The molecule has 1 amide bonds. The molecule has 0 aliphatic rings. The zero-order valence-corrected chi connectivity index (χ0v) is 18.4. The predicted molar refractivity (Wildman–Crippen MR) is 122 cm³/mol. The first-order valence-corrected chi connectivity index (χ1v) is 10.4. The van der Waals surface area contributed by atoms with E-state index in [4.69, 9.17) is 14.7 Å². The molecule has 164 valence electrons. The van der Waals surface area contributed by atoms with Gasteiger partial charge in [0.15, 0.2) is 6.61 Å². The summed E-state index contributed by atoms with van der Waals surface area (Å²) in [6.45, 7) is 5.76. The molecule has 0 aliphatic heterocycles. The van der Waals surface area contributed by atoms with Gasteiger partial charge < -0.3 is 14.4 Å². The fourth-order valence-electron chi connectivity index (χ4n) is 3.56. The lowest BCUT2D eigenvalue weighted by atomic mass is 10.0. The van der Waals surface area contributed by atoms with E-state index >= 15 is 0 Å². The van der Waals surface area contributed by atoms with Gasteiger partial charge in [-0.25, -0.2) is 4.79 Å². The van der Waals surface area contributed by atoms with Gasteiger partial charge in [0.05, 0.1) is 35.9 Å². The van der Waals surface area contributed by atoms with Crippen LogP contribution in [0.2, 0.25) is 0 Å². The van der Waals surface area contributed by atoms with Gasteiger partial charge in [0.25, 0.3) is 5.91 Å². The summed E-state index contributed by atoms with van der Waals surface area (Å²) < 4.78 is 10.8. The molecule has 0 saturated heterocycles. The molecule has 32 heavy (non-hydrogen) atoms. The molecule has 0 atom stereocenters. The van der Waals surface area contributed by atoms with Crippen molar-refractivity contribution in [3.8, 4) is 11.8 Å². The number of carbonyl (C=O) groups excluding carboxylic acids is 2. The molecule has 3 aromatic rings. The lowest BCUT2D eigenvalue weighted by molar-refractivity contribution is -0.121. The third kappa shape index (κ3) is 5.03. The molecule has 0 fully saturated rings. The standard InChI is InChI=1S/C25H25N3O4/c1-4-31-20-12-10-19(11-13-20)28(15-7-14-26)23(29)16-32-25(30)24-17(2)21-8-5-6-9-22(21)27-18(24)3/h5-6,8-13H,4,7,15-16H2,1-3H3. The fraction of sp³-hybridized carbons (Fsp3) is 0.280. The number of fused-ring (bicyclic) bond motifs is 1. The Balaban J connectivity index is 1.76. The van der Waals surface area contributed by atoms with Gasteiger partial charge in [0.2, 0.25) is 0 Å². The maximum Gasteiger partial charge on any atom is 0.340 e. The number of carbonyl (C=O) groups is 2. The van der Waals surface area contributed by atoms with Gasteiger partial charge in [-0.1, -0.05) is 18.2 Å². The Kier molecular flexibility index (Phi) is 7.40. The maximum atomic E-state index is 12.9. The minimum Gasteiger partial charge on any atom is -0.494 e. The normalized spacial score (nSPS) is 10.4. The number of aromatic nitrogens is 1. The van der Waals surface area contributed by atoms with E-state index in [1.807, 2.05) is 44.2 Å². The number of ether oxygens (including phenoxy) is 2. The molecule has 0 aliphatic carbocycles. The van der Waals surface area contributed by atoms with Gasteiger partial charge >= 0.3 is 5.97 Å². The number of hydrogen-bond acceptors (Lipinski definition) is 6. The number of benzene rings is 2. The summed E-state index contributed by atoms with van der Waals surface area (Å²) in [5, 5.41) is 9.83. The number of nitrogens with zero attached hydrogens (tertiary/aromatic N) is 3. The van der Waals surface area contributed by atoms with E-state index in [1.54, 1.807) is 31.2 Å². The molecule has 0 N–H and O–H groups in total. The molecule has 0 unspecified atom stereocenters. The van der Waals surface area contributed by atoms with E-state index in [0.29, 0.717) is 29.3 Å². The summed E-state index contributed by atoms with van der Waals surface area (Å²) in [7, 11) is 0. The average Bonchev–Trinajstić information content (AvgIpc) is 2.79. The Hall–Kier alpha value is -3.92. The first kappa shape index (κ1) is 22.8. The van der Waals surface area contributed by atoms with Gasteiger partial charge in [0.1, 0.15) is 5.75 Å². The van der Waals surface area contributed by atoms with Crippen molar-refractivity contribution in [2.45, 2.75) is 27.2 Å². The number of pyridine rings is 1. The van der Waals surface area contributed by atoms with Gasteiger partial charge in [-0.2, -0.15) is 5.26 Å². The number of esters is 1. The van der Waals surface area contributed by atoms with Crippen LogP contribution in [0.3, 0.4) is 0 Å². The molecule has 1 aromatic heterocycles. The van der Waals surface area contributed by atoms with Crippen LogP contribution in [0.1, 0.15) is 35.0 Å². The summed E-state index contributed by atoms with van der Waals surface area (Å²) in [5.74, 6) is -0.328. The Bertz CT molecular complexity index is 1170. The van der Waals surface area contributed by atoms with E-state index < -0.39 is 18.5 Å². The van der Waals surface area contributed by atoms with Crippen LogP contribution >= 0.6 is 0 Å². The van der Waals surface area contributed by atoms with E-state index in [-0.39, 0.29) is 13.0 Å². The van der Waals surface area contributed by atoms with Crippen LogP contribution in [0.4, 0.5) is 5.69 Å². The molecule has 0 radical (unpaired) electrons. The zero-order chi connectivity index (χ0) is 23.1. The van der Waals surface area contributed by atoms with E-state index in [0.717, 1.165) is 16.5 Å². The number of aryl methyl sites for hydroxylation is 2. The van der Waals surface area contributed by atoms with Gasteiger partial charge in [-0.15, -0.1) is 0 Å². The largest absolute Gasteiger partial charge is 0.494 e. The second kappa shape index (κ2) is 10.4. The molecular weight excluding hydrogens is 406 g/mol. The summed E-state index contributed by atoms with van der Waals surface area (Å²) in [6, 6.07) is 16.6. The number of nitriles is 1. The molecule has 0 bridgehead atoms. The molecule has 7 nitrogen and oxygen atoms in total. The minimum atomic E-state index is -0.599. The second-order valence-electron chi connectivity index (χ2n) is 7.17. The van der Waals surface area contributed by atoms with E-state index in [9.17, 15) is 9.59 Å². The molecule has 7 heteroatoms. The van der Waals surface area contributed by atoms with Crippen LogP contribution in [-0.4, -0.2) is 36.6 Å². The van der Waals surface area contributed by atoms with Crippen LogP contribution in [0.5, 0.6) is 5.75 Å². The SMILES string of the molecule is CCOc1ccc(N(CCC#N)C(=O)COC(=O)c2c(C)nc3ccccc3c2C)cc1. The predicted octanol–water partition coefficient (Wildman–Crippen LogP) is 4.35. The highest BCUT2D eigenvalue weighted by Gasteiger charge is 2.21. The van der Waals surface area contributed by atoms with Crippen LogP contribution < -0.4 is 9.64 Å². The smallest absolute Gasteiger partial charge is 0.340 e. The summed E-state index contributed by atoms with van der Waals surface area (Å²) in [6.07, 6.45) is 0.152. The van der Waals surface area contributed by atoms with Crippen LogP contribution in [0, 0.1) is 25.2 Å². The van der Waals surface area contributed by atoms with Crippen molar-refractivity contribution < 1.29 is 19.1 Å². The van der Waals surface area contributed by atoms with Crippen molar-refractivity contribution in [2.24, 2.45) is 0 Å². The van der Waals surface area contributed by atoms with Crippen molar-refractivity contribution in [1.82, 2.24) is 4.98 Å². The highest BCUT2D eigenvalue weighted by atomic mass is 16.5. The van der Waals surface area contributed by atoms with Gasteiger partial charge in [-0.05, 0) is 56.7 Å². The molecular formula is C25H25N3O4. The molecule has 0 saturated carbocycles. The topological polar surface area (TPSA) is 92.5 Å². The Morgan fingerprint density at radius 2 is 1.81 bits per heavy atom. The number of para-hydroxylation sites is 1. The molecule has 3 rings (SSSR count). The van der Waals surface area contributed by atoms with Crippen molar-refractivity contribution in [1.29, 1.82) is 5.26 Å². The molecule has 0 spiro atoms. The Morgan fingerprint density at radius 3 is 2.50 bits per heavy atom. The molecule has 1 heterocycles. The third-order valence-corrected chi connectivity index (χ3v) is 5.07. The Morgan fingerprint density at radius 1 is 1.09 bits per heavy atom. The summed E-state index contributed by atoms with van der Waals surface area (Å²) in [5.41, 5.74) is 3.07. The maximum absolute atomic E-state index is 12.9. The zero-order valence-electron chi connectivity index (χ0n) is 18.4. The summed E-state index contributed by atoms with van der Waals surface area (Å²) >= 11 is 0. The highest BCUT2D eigenvalue weighted by Crippen LogP contribution is 2.24. The second-order valence-corrected chi connectivity index (χ2v) is 7.17. The lowest BCUT2D eigenvalue weighted by Crippen LogP contribution is -2.35. The number of rotatable bonds is 8. The Labute approximate surface area is 187 Å². The van der Waals surface area contributed by atoms with Gasteiger partial charge in [0, 0.05) is 17.6 Å². The minimum absolute atomic E-state index is 0.152. The van der Waals surface area contributed by atoms with Crippen molar-refractivity contribution in [3.63, 3.8) is 0 Å². The third-order valence-electron chi connectivity index (χ3n) is 5.07. The monoisotopic (exact) mass is 431 g/mol. The number of hydrogen-bond donors (Lipinski definition) is 0. The van der Waals surface area contributed by atoms with E-state index in [1.165, 1.54) is 4.90 Å². The fourth-order valence-corrected chi connectivity index (χ4v) is 3.56. The summed E-state index contributed by atoms with van der Waals surface area (Å²) in [4.78, 5) is 31.6. The molecule has 2 aromatic carbocycles. The first-order chi connectivity index (χ1) is 15.5. The quantitative estimate of drug-likeness (QED) is 0.492. The van der Waals surface area contributed by atoms with Crippen molar-refractivity contribution in [3.05, 3.63) is 65.4 Å². The van der Waals surface area contributed by atoms with Crippen LogP contribution in [0.15, 0.2) is 48.5 Å². The average molecular weight is 431 g/mol. The number of anilines is 1. The van der Waals surface area contributed by atoms with E-state index in [2.05, 4.69) is 4.98 Å². The van der Waals surface area contributed by atoms with Crippen LogP contribution in [0.25, 0.3) is 10.9 Å². The van der Waals surface area contributed by atoms with Crippen molar-refractivity contribution in [2.75, 3.05) is 24.7 Å². The highest BCUT2D eigenvalue weighted by molar-refractivity contribution is 6.00.